The zero-order valence-electron chi connectivity index (χ0n) is 12.0. The highest BCUT2D eigenvalue weighted by molar-refractivity contribution is 4.95. The second-order valence-corrected chi connectivity index (χ2v) is 6.50. The van der Waals surface area contributed by atoms with Gasteiger partial charge >= 0.3 is 0 Å². The lowest BCUT2D eigenvalue weighted by molar-refractivity contribution is 0.163. The fraction of sp³-hybridized carbons (Fsp3) is 1.00. The van der Waals surface area contributed by atoms with Crippen LogP contribution in [0.3, 0.4) is 0 Å². The summed E-state index contributed by atoms with van der Waals surface area (Å²) in [6, 6.07) is 0.747. The van der Waals surface area contributed by atoms with Crippen LogP contribution in [0.15, 0.2) is 0 Å². The molecule has 2 atom stereocenters. The van der Waals surface area contributed by atoms with Gasteiger partial charge in [-0.25, -0.2) is 0 Å². The van der Waals surface area contributed by atoms with Gasteiger partial charge in [0.2, 0.25) is 0 Å². The van der Waals surface area contributed by atoms with E-state index >= 15 is 0 Å². The Balaban J connectivity index is 1.87. The van der Waals surface area contributed by atoms with Crippen LogP contribution in [0, 0.1) is 11.3 Å². The number of nitrogens with zero attached hydrogens (tertiary/aromatic N) is 1. The van der Waals surface area contributed by atoms with Crippen molar-refractivity contribution in [1.29, 1.82) is 0 Å². The van der Waals surface area contributed by atoms with E-state index in [-0.39, 0.29) is 0 Å². The molecule has 0 amide bonds. The molecule has 1 N–H and O–H groups in total. The maximum Gasteiger partial charge on any atom is 0.00767 e. The quantitative estimate of drug-likeness (QED) is 0.810. The summed E-state index contributed by atoms with van der Waals surface area (Å²) in [6.45, 7) is 12.2. The number of nitrogens with one attached hydrogen (secondary N) is 1. The van der Waals surface area contributed by atoms with E-state index in [2.05, 4.69) is 31.0 Å². The van der Waals surface area contributed by atoms with Crippen molar-refractivity contribution < 1.29 is 0 Å². The number of hydrogen-bond acceptors (Lipinski definition) is 2. The standard InChI is InChI=1S/C15H30N2/c1-4-14-6-9-17(11-13(3)10-16-14)12-15(5-2)7-8-15/h13-14,16H,4-12H2,1-3H3. The topological polar surface area (TPSA) is 15.3 Å². The van der Waals surface area contributed by atoms with E-state index in [0.29, 0.717) is 5.41 Å². The first-order valence-corrected chi connectivity index (χ1v) is 7.63. The summed E-state index contributed by atoms with van der Waals surface area (Å²) < 4.78 is 0. The minimum Gasteiger partial charge on any atom is -0.314 e. The third-order valence-corrected chi connectivity index (χ3v) is 4.88. The second-order valence-electron chi connectivity index (χ2n) is 6.50. The molecular formula is C15H30N2. The van der Waals surface area contributed by atoms with Gasteiger partial charge in [-0.15, -0.1) is 0 Å². The van der Waals surface area contributed by atoms with Crippen molar-refractivity contribution in [1.82, 2.24) is 10.2 Å². The summed E-state index contributed by atoms with van der Waals surface area (Å²) >= 11 is 0. The second kappa shape index (κ2) is 5.71. The van der Waals surface area contributed by atoms with Crippen molar-refractivity contribution in [3.63, 3.8) is 0 Å². The molecule has 2 rings (SSSR count). The molecule has 2 unspecified atom stereocenters. The Morgan fingerprint density at radius 1 is 1.29 bits per heavy atom. The molecule has 0 radical (unpaired) electrons. The molecule has 0 spiro atoms. The van der Waals surface area contributed by atoms with E-state index in [4.69, 9.17) is 0 Å². The molecule has 1 saturated heterocycles. The molecule has 17 heavy (non-hydrogen) atoms. The molecular weight excluding hydrogens is 208 g/mol. The van der Waals surface area contributed by atoms with Crippen molar-refractivity contribution in [3.05, 3.63) is 0 Å². The number of hydrogen-bond donors (Lipinski definition) is 1. The minimum atomic E-state index is 0.716. The van der Waals surface area contributed by atoms with Crippen LogP contribution in [0.5, 0.6) is 0 Å². The Morgan fingerprint density at radius 2 is 2.06 bits per heavy atom. The highest BCUT2D eigenvalue weighted by Crippen LogP contribution is 2.49. The molecule has 1 aliphatic heterocycles. The summed E-state index contributed by atoms with van der Waals surface area (Å²) in [5.41, 5.74) is 0.716. The van der Waals surface area contributed by atoms with Gasteiger partial charge < -0.3 is 10.2 Å². The van der Waals surface area contributed by atoms with Crippen LogP contribution < -0.4 is 5.32 Å². The first-order chi connectivity index (χ1) is 8.17. The van der Waals surface area contributed by atoms with E-state index in [1.165, 1.54) is 58.3 Å². The lowest BCUT2D eigenvalue weighted by Crippen LogP contribution is -2.45. The van der Waals surface area contributed by atoms with Crippen molar-refractivity contribution in [3.8, 4) is 0 Å². The summed E-state index contributed by atoms with van der Waals surface area (Å²) in [5.74, 6) is 0.803. The maximum atomic E-state index is 3.71. The average Bonchev–Trinajstić information content (AvgIpc) is 3.07. The lowest BCUT2D eigenvalue weighted by Gasteiger charge is -2.34. The van der Waals surface area contributed by atoms with Gasteiger partial charge in [-0.2, -0.15) is 0 Å². The zero-order chi connectivity index (χ0) is 12.3. The van der Waals surface area contributed by atoms with Gasteiger partial charge in [-0.1, -0.05) is 20.8 Å². The fourth-order valence-electron chi connectivity index (χ4n) is 3.17. The predicted octanol–water partition coefficient (Wildman–Crippen LogP) is 2.89. The van der Waals surface area contributed by atoms with Gasteiger partial charge in [-0.05, 0) is 56.5 Å². The van der Waals surface area contributed by atoms with Crippen molar-refractivity contribution in [2.24, 2.45) is 11.3 Å². The molecule has 1 heterocycles. The summed E-state index contributed by atoms with van der Waals surface area (Å²) in [6.07, 6.45) is 6.95. The molecule has 0 aromatic heterocycles. The smallest absolute Gasteiger partial charge is 0.00767 e. The van der Waals surface area contributed by atoms with Crippen molar-refractivity contribution >= 4 is 0 Å². The molecule has 100 valence electrons. The Labute approximate surface area is 107 Å². The van der Waals surface area contributed by atoms with Crippen LogP contribution in [0.4, 0.5) is 0 Å². The average molecular weight is 238 g/mol. The molecule has 0 bridgehead atoms. The third-order valence-electron chi connectivity index (χ3n) is 4.88. The zero-order valence-corrected chi connectivity index (χ0v) is 12.0. The molecule has 0 aromatic carbocycles. The van der Waals surface area contributed by atoms with E-state index < -0.39 is 0 Å². The van der Waals surface area contributed by atoms with Crippen LogP contribution in [0.1, 0.15) is 52.9 Å². The van der Waals surface area contributed by atoms with Gasteiger partial charge in [0.15, 0.2) is 0 Å². The Morgan fingerprint density at radius 3 is 2.65 bits per heavy atom. The fourth-order valence-corrected chi connectivity index (χ4v) is 3.17. The SMILES string of the molecule is CCC1CCN(CC2(CC)CC2)CC(C)CN1. The third kappa shape index (κ3) is 3.69. The summed E-state index contributed by atoms with van der Waals surface area (Å²) in [4.78, 5) is 2.75. The first kappa shape index (κ1) is 13.4. The van der Waals surface area contributed by atoms with E-state index in [1.807, 2.05) is 0 Å². The largest absolute Gasteiger partial charge is 0.314 e. The Kier molecular flexibility index (Phi) is 4.48. The van der Waals surface area contributed by atoms with Crippen LogP contribution in [0.25, 0.3) is 0 Å². The van der Waals surface area contributed by atoms with Crippen LogP contribution in [-0.4, -0.2) is 37.1 Å². The van der Waals surface area contributed by atoms with Crippen molar-refractivity contribution in [2.75, 3.05) is 26.2 Å². The maximum absolute atomic E-state index is 3.71. The van der Waals surface area contributed by atoms with Crippen LogP contribution in [0.2, 0.25) is 0 Å². The summed E-state index contributed by atoms with van der Waals surface area (Å²) in [5, 5.41) is 3.71. The highest BCUT2D eigenvalue weighted by Gasteiger charge is 2.42. The van der Waals surface area contributed by atoms with E-state index in [0.717, 1.165) is 12.0 Å². The van der Waals surface area contributed by atoms with E-state index in [1.54, 1.807) is 0 Å². The minimum absolute atomic E-state index is 0.716. The number of rotatable bonds is 4. The predicted molar refractivity (Wildman–Crippen MR) is 74.3 cm³/mol. The Hall–Kier alpha value is -0.0800. The molecule has 1 saturated carbocycles. The first-order valence-electron chi connectivity index (χ1n) is 7.63. The van der Waals surface area contributed by atoms with Gasteiger partial charge in [0, 0.05) is 19.1 Å². The molecule has 2 fully saturated rings. The van der Waals surface area contributed by atoms with Gasteiger partial charge in [0.05, 0.1) is 0 Å². The molecule has 0 aromatic rings. The van der Waals surface area contributed by atoms with Crippen molar-refractivity contribution in [2.45, 2.75) is 58.9 Å². The monoisotopic (exact) mass is 238 g/mol. The van der Waals surface area contributed by atoms with Crippen LogP contribution >= 0.6 is 0 Å². The Bertz CT molecular complexity index is 235. The molecule has 2 aliphatic rings. The normalized spacial score (nSPS) is 34.1. The van der Waals surface area contributed by atoms with Gasteiger partial charge in [-0.3, -0.25) is 0 Å². The van der Waals surface area contributed by atoms with E-state index in [9.17, 15) is 0 Å². The molecule has 2 heteroatoms. The lowest BCUT2D eigenvalue weighted by atomic mass is 10.00. The molecule has 2 nitrogen and oxygen atoms in total. The molecule has 1 aliphatic carbocycles. The van der Waals surface area contributed by atoms with Gasteiger partial charge in [0.1, 0.15) is 0 Å². The highest BCUT2D eigenvalue weighted by atomic mass is 15.1. The van der Waals surface area contributed by atoms with Crippen LogP contribution in [-0.2, 0) is 0 Å². The summed E-state index contributed by atoms with van der Waals surface area (Å²) in [7, 11) is 0. The van der Waals surface area contributed by atoms with Gasteiger partial charge in [0.25, 0.3) is 0 Å².